The Balaban J connectivity index is 1.69. The molecule has 3 heterocycles. The standard InChI is InChI=1S/C27H24Cl2N4S/c1-16-7-10-20(11-8-16)33-26(25(31-27(33)34)23-6-4-5-13-30-23)21-14-17(2)32(18(21)3)24-12-9-19(28)15-22(24)29/h4-15,25-26H,1-3H3,(H,31,34)/t25-,26+/m1/s1. The van der Waals surface area contributed by atoms with Crippen molar-refractivity contribution in [2.45, 2.75) is 32.9 Å². The quantitative estimate of drug-likeness (QED) is 0.294. The summed E-state index contributed by atoms with van der Waals surface area (Å²) < 4.78 is 2.18. The van der Waals surface area contributed by atoms with Crippen LogP contribution in [-0.4, -0.2) is 14.7 Å². The summed E-state index contributed by atoms with van der Waals surface area (Å²) in [6, 6.07) is 22.1. The first-order valence-corrected chi connectivity index (χ1v) is 12.2. The normalized spacial score (nSPS) is 17.8. The Bertz CT molecular complexity index is 1370. The minimum Gasteiger partial charge on any atom is -0.351 e. The van der Waals surface area contributed by atoms with Gasteiger partial charge in [-0.25, -0.2) is 0 Å². The zero-order chi connectivity index (χ0) is 24.0. The predicted octanol–water partition coefficient (Wildman–Crippen LogP) is 7.28. The number of nitrogens with one attached hydrogen (secondary N) is 1. The number of pyridine rings is 1. The third kappa shape index (κ3) is 3.98. The summed E-state index contributed by atoms with van der Waals surface area (Å²) in [6.45, 7) is 6.30. The number of hydrogen-bond acceptors (Lipinski definition) is 2. The molecular formula is C27H24Cl2N4S. The highest BCUT2D eigenvalue weighted by atomic mass is 35.5. The number of benzene rings is 2. The van der Waals surface area contributed by atoms with Crippen molar-refractivity contribution in [2.75, 3.05) is 4.90 Å². The molecule has 0 spiro atoms. The van der Waals surface area contributed by atoms with E-state index >= 15 is 0 Å². The van der Waals surface area contributed by atoms with Gasteiger partial charge in [-0.05, 0) is 87.1 Å². The lowest BCUT2D eigenvalue weighted by Crippen LogP contribution is -2.29. The third-order valence-corrected chi connectivity index (χ3v) is 7.20. The molecule has 1 N–H and O–H groups in total. The van der Waals surface area contributed by atoms with E-state index in [-0.39, 0.29) is 12.1 Å². The number of aryl methyl sites for hydroxylation is 2. The third-order valence-electron chi connectivity index (χ3n) is 6.35. The van der Waals surface area contributed by atoms with Crippen molar-refractivity contribution in [1.82, 2.24) is 14.9 Å². The average molecular weight is 507 g/mol. The molecule has 0 saturated carbocycles. The van der Waals surface area contributed by atoms with E-state index in [4.69, 9.17) is 35.4 Å². The summed E-state index contributed by atoms with van der Waals surface area (Å²) in [5, 5.41) is 5.44. The van der Waals surface area contributed by atoms with E-state index in [0.717, 1.165) is 34.0 Å². The molecule has 0 aliphatic carbocycles. The topological polar surface area (TPSA) is 33.1 Å². The van der Waals surface area contributed by atoms with Crippen LogP contribution in [-0.2, 0) is 0 Å². The van der Waals surface area contributed by atoms with Crippen molar-refractivity contribution in [1.29, 1.82) is 0 Å². The Kier molecular flexibility index (Phi) is 6.11. The molecule has 172 valence electrons. The lowest BCUT2D eigenvalue weighted by molar-refractivity contribution is 0.565. The molecule has 2 aromatic heterocycles. The van der Waals surface area contributed by atoms with E-state index in [2.05, 4.69) is 70.9 Å². The van der Waals surface area contributed by atoms with Crippen LogP contribution in [0.1, 0.15) is 40.3 Å². The number of thiocarbonyl (C=S) groups is 1. The summed E-state index contributed by atoms with van der Waals surface area (Å²) in [7, 11) is 0. The highest BCUT2D eigenvalue weighted by Gasteiger charge is 2.42. The second-order valence-electron chi connectivity index (χ2n) is 8.59. The summed E-state index contributed by atoms with van der Waals surface area (Å²) in [5.41, 5.74) is 7.42. The van der Waals surface area contributed by atoms with Gasteiger partial charge in [-0.1, -0.05) is 47.0 Å². The van der Waals surface area contributed by atoms with Crippen LogP contribution in [0.15, 0.2) is 72.9 Å². The van der Waals surface area contributed by atoms with E-state index in [1.807, 2.05) is 36.5 Å². The fraction of sp³-hybridized carbons (Fsp3) is 0.185. The van der Waals surface area contributed by atoms with Crippen LogP contribution in [0, 0.1) is 20.8 Å². The Labute approximate surface area is 215 Å². The molecule has 5 rings (SSSR count). The summed E-state index contributed by atoms with van der Waals surface area (Å²) in [4.78, 5) is 6.86. The van der Waals surface area contributed by atoms with Crippen molar-refractivity contribution in [3.8, 4) is 5.69 Å². The monoisotopic (exact) mass is 506 g/mol. The second-order valence-corrected chi connectivity index (χ2v) is 9.82. The molecule has 34 heavy (non-hydrogen) atoms. The van der Waals surface area contributed by atoms with Gasteiger partial charge in [0.2, 0.25) is 0 Å². The van der Waals surface area contributed by atoms with Gasteiger partial charge in [0.1, 0.15) is 0 Å². The molecule has 0 amide bonds. The number of rotatable bonds is 4. The number of aromatic nitrogens is 2. The zero-order valence-corrected chi connectivity index (χ0v) is 21.4. The Hall–Kier alpha value is -2.86. The van der Waals surface area contributed by atoms with Gasteiger partial charge in [0.25, 0.3) is 0 Å². The minimum absolute atomic E-state index is 0.0869. The molecule has 0 radical (unpaired) electrons. The number of hydrogen-bond donors (Lipinski definition) is 1. The lowest BCUT2D eigenvalue weighted by Gasteiger charge is -2.28. The molecule has 2 aromatic carbocycles. The molecule has 2 atom stereocenters. The maximum absolute atomic E-state index is 6.61. The molecule has 1 fully saturated rings. The van der Waals surface area contributed by atoms with E-state index in [0.29, 0.717) is 15.2 Å². The van der Waals surface area contributed by atoms with E-state index < -0.39 is 0 Å². The fourth-order valence-corrected chi connectivity index (χ4v) is 5.61. The van der Waals surface area contributed by atoms with E-state index in [9.17, 15) is 0 Å². The number of halogens is 2. The smallest absolute Gasteiger partial charge is 0.174 e. The van der Waals surface area contributed by atoms with Gasteiger partial charge >= 0.3 is 0 Å². The SMILES string of the molecule is Cc1ccc(N2C(=S)N[C@H](c3ccccn3)[C@@H]2c2cc(C)n(-c3ccc(Cl)cc3Cl)c2C)cc1. The number of anilines is 1. The van der Waals surface area contributed by atoms with Crippen LogP contribution in [0.5, 0.6) is 0 Å². The van der Waals surface area contributed by atoms with Gasteiger partial charge in [-0.15, -0.1) is 0 Å². The lowest BCUT2D eigenvalue weighted by atomic mass is 9.96. The highest BCUT2D eigenvalue weighted by molar-refractivity contribution is 7.80. The van der Waals surface area contributed by atoms with Crippen molar-refractivity contribution < 1.29 is 0 Å². The van der Waals surface area contributed by atoms with Gasteiger partial charge < -0.3 is 14.8 Å². The number of nitrogens with zero attached hydrogens (tertiary/aromatic N) is 3. The van der Waals surface area contributed by atoms with Gasteiger partial charge in [0.15, 0.2) is 5.11 Å². The van der Waals surface area contributed by atoms with Gasteiger partial charge in [0, 0.05) is 28.3 Å². The van der Waals surface area contributed by atoms with Crippen molar-refractivity contribution in [3.05, 3.63) is 111 Å². The van der Waals surface area contributed by atoms with Crippen molar-refractivity contribution in [2.24, 2.45) is 0 Å². The first-order valence-electron chi connectivity index (χ1n) is 11.1. The Morgan fingerprint density at radius 3 is 2.38 bits per heavy atom. The summed E-state index contributed by atoms with van der Waals surface area (Å²) >= 11 is 18.6. The fourth-order valence-electron chi connectivity index (χ4n) is 4.77. The molecule has 4 aromatic rings. The van der Waals surface area contributed by atoms with Gasteiger partial charge in [-0.2, -0.15) is 0 Å². The highest BCUT2D eigenvalue weighted by Crippen LogP contribution is 2.44. The molecule has 1 aliphatic rings. The van der Waals surface area contributed by atoms with E-state index in [1.54, 1.807) is 6.07 Å². The molecular weight excluding hydrogens is 483 g/mol. The minimum atomic E-state index is -0.107. The zero-order valence-electron chi connectivity index (χ0n) is 19.1. The summed E-state index contributed by atoms with van der Waals surface area (Å²) in [6.07, 6.45) is 1.82. The van der Waals surface area contributed by atoms with Crippen LogP contribution in [0.3, 0.4) is 0 Å². The van der Waals surface area contributed by atoms with Gasteiger partial charge in [-0.3, -0.25) is 4.98 Å². The van der Waals surface area contributed by atoms with Crippen LogP contribution in [0.25, 0.3) is 5.69 Å². The molecule has 1 saturated heterocycles. The van der Waals surface area contributed by atoms with Gasteiger partial charge in [0.05, 0.1) is 28.5 Å². The summed E-state index contributed by atoms with van der Waals surface area (Å²) in [5.74, 6) is 0. The average Bonchev–Trinajstić information content (AvgIpc) is 3.31. The molecule has 0 unspecified atom stereocenters. The largest absolute Gasteiger partial charge is 0.351 e. The van der Waals surface area contributed by atoms with Crippen molar-refractivity contribution in [3.63, 3.8) is 0 Å². The van der Waals surface area contributed by atoms with Crippen LogP contribution < -0.4 is 10.2 Å². The first kappa shape index (κ1) is 22.9. The van der Waals surface area contributed by atoms with E-state index in [1.165, 1.54) is 5.56 Å². The maximum Gasteiger partial charge on any atom is 0.174 e. The Morgan fingerprint density at radius 2 is 1.71 bits per heavy atom. The maximum atomic E-state index is 6.61. The van der Waals surface area contributed by atoms with Crippen LogP contribution >= 0.6 is 35.4 Å². The molecule has 1 aliphatic heterocycles. The molecule has 7 heteroatoms. The molecule has 4 nitrogen and oxygen atoms in total. The first-order chi connectivity index (χ1) is 16.3. The van der Waals surface area contributed by atoms with Crippen LogP contribution in [0.2, 0.25) is 10.0 Å². The second kappa shape index (κ2) is 9.06. The Morgan fingerprint density at radius 1 is 0.941 bits per heavy atom. The predicted molar refractivity (Wildman–Crippen MR) is 144 cm³/mol. The molecule has 0 bridgehead atoms. The van der Waals surface area contributed by atoms with Crippen LogP contribution in [0.4, 0.5) is 5.69 Å². The van der Waals surface area contributed by atoms with Crippen molar-refractivity contribution >= 4 is 46.2 Å².